The first-order valence-electron chi connectivity index (χ1n) is 9.12. The number of alkyl halides is 3. The van der Waals surface area contributed by atoms with E-state index in [9.17, 15) is 22.4 Å². The van der Waals surface area contributed by atoms with Gasteiger partial charge in [-0.1, -0.05) is 24.3 Å². The zero-order valence-electron chi connectivity index (χ0n) is 15.2. The second-order valence-electron chi connectivity index (χ2n) is 6.95. The van der Waals surface area contributed by atoms with Gasteiger partial charge in [0.15, 0.2) is 0 Å². The third-order valence-corrected chi connectivity index (χ3v) is 4.83. The molecule has 3 aromatic rings. The molecule has 150 valence electrons. The van der Waals surface area contributed by atoms with Crippen molar-refractivity contribution in [2.45, 2.75) is 31.5 Å². The Labute approximate surface area is 164 Å². The van der Waals surface area contributed by atoms with Crippen LogP contribution in [0.25, 0.3) is 5.69 Å². The van der Waals surface area contributed by atoms with E-state index in [1.165, 1.54) is 29.1 Å². The van der Waals surface area contributed by atoms with Crippen molar-refractivity contribution in [3.63, 3.8) is 0 Å². The van der Waals surface area contributed by atoms with Crippen LogP contribution in [-0.2, 0) is 12.7 Å². The minimum atomic E-state index is -4.47. The van der Waals surface area contributed by atoms with Gasteiger partial charge >= 0.3 is 6.18 Å². The van der Waals surface area contributed by atoms with Crippen LogP contribution in [0.2, 0.25) is 0 Å². The minimum Gasteiger partial charge on any atom is -0.348 e. The molecule has 4 nitrogen and oxygen atoms in total. The zero-order valence-corrected chi connectivity index (χ0v) is 15.2. The molecular formula is C21H17F4N3O. The number of benzene rings is 2. The molecule has 1 fully saturated rings. The molecule has 8 heteroatoms. The first-order chi connectivity index (χ1) is 13.8. The van der Waals surface area contributed by atoms with E-state index in [4.69, 9.17) is 0 Å². The molecule has 0 radical (unpaired) electrons. The number of nitrogens with zero attached hydrogens (tertiary/aromatic N) is 2. The predicted octanol–water partition coefficient (Wildman–Crippen LogP) is 4.84. The quantitative estimate of drug-likeness (QED) is 0.620. The molecule has 0 saturated heterocycles. The summed E-state index contributed by atoms with van der Waals surface area (Å²) in [4.78, 5) is 12.7. The molecule has 0 unspecified atom stereocenters. The number of carbonyl (C=O) groups excluding carboxylic acids is 1. The number of halogens is 4. The molecule has 1 heterocycles. The highest BCUT2D eigenvalue weighted by Crippen LogP contribution is 2.42. The Morgan fingerprint density at radius 3 is 2.59 bits per heavy atom. The SMILES string of the molecule is O=C(NCc1ccccc1F)c1cnn(-c2cccc(C(F)(F)F)c2)c1C1CC1. The first-order valence-corrected chi connectivity index (χ1v) is 9.12. The van der Waals surface area contributed by atoms with E-state index in [-0.39, 0.29) is 18.2 Å². The molecule has 1 aromatic heterocycles. The van der Waals surface area contributed by atoms with E-state index in [1.54, 1.807) is 18.2 Å². The van der Waals surface area contributed by atoms with Crippen LogP contribution in [-0.4, -0.2) is 15.7 Å². The second-order valence-corrected chi connectivity index (χ2v) is 6.95. The normalized spacial score (nSPS) is 14.1. The molecule has 4 rings (SSSR count). The Kier molecular flexibility index (Phi) is 4.86. The van der Waals surface area contributed by atoms with E-state index in [0.717, 1.165) is 25.0 Å². The Bertz CT molecular complexity index is 1050. The van der Waals surface area contributed by atoms with E-state index >= 15 is 0 Å². The number of hydrogen-bond acceptors (Lipinski definition) is 2. The topological polar surface area (TPSA) is 46.9 Å². The molecule has 1 aliphatic carbocycles. The number of rotatable bonds is 5. The molecule has 0 aliphatic heterocycles. The lowest BCUT2D eigenvalue weighted by Gasteiger charge is -2.12. The van der Waals surface area contributed by atoms with Gasteiger partial charge in [-0.15, -0.1) is 0 Å². The first kappa shape index (κ1) is 19.2. The van der Waals surface area contributed by atoms with Gasteiger partial charge in [-0.2, -0.15) is 18.3 Å². The summed E-state index contributed by atoms with van der Waals surface area (Å²) < 4.78 is 54.3. The maximum Gasteiger partial charge on any atom is 0.416 e. The van der Waals surface area contributed by atoms with Crippen LogP contribution in [0.15, 0.2) is 54.7 Å². The van der Waals surface area contributed by atoms with E-state index in [1.807, 2.05) is 0 Å². The predicted molar refractivity (Wildman–Crippen MR) is 98.1 cm³/mol. The Hall–Kier alpha value is -3.16. The molecular weight excluding hydrogens is 386 g/mol. The van der Waals surface area contributed by atoms with Gasteiger partial charge in [0.2, 0.25) is 0 Å². The summed E-state index contributed by atoms with van der Waals surface area (Å²) in [5, 5.41) is 6.85. The highest BCUT2D eigenvalue weighted by Gasteiger charge is 2.34. The van der Waals surface area contributed by atoms with Crippen LogP contribution >= 0.6 is 0 Å². The second kappa shape index (κ2) is 7.35. The average Bonchev–Trinajstić information content (AvgIpc) is 3.44. The van der Waals surface area contributed by atoms with Crippen molar-refractivity contribution in [2.24, 2.45) is 0 Å². The highest BCUT2D eigenvalue weighted by molar-refractivity contribution is 5.95. The molecule has 1 aliphatic rings. The Morgan fingerprint density at radius 2 is 1.90 bits per heavy atom. The minimum absolute atomic E-state index is 0.00432. The maximum absolute atomic E-state index is 13.8. The summed E-state index contributed by atoms with van der Waals surface area (Å²) in [7, 11) is 0. The average molecular weight is 403 g/mol. The number of carbonyl (C=O) groups is 1. The molecule has 0 spiro atoms. The van der Waals surface area contributed by atoms with Crippen molar-refractivity contribution in [1.29, 1.82) is 0 Å². The smallest absolute Gasteiger partial charge is 0.348 e. The Balaban J connectivity index is 1.62. The van der Waals surface area contributed by atoms with Crippen LogP contribution in [0, 0.1) is 5.82 Å². The van der Waals surface area contributed by atoms with Gasteiger partial charge < -0.3 is 5.32 Å². The summed E-state index contributed by atoms with van der Waals surface area (Å²) in [5.74, 6) is -0.801. The number of amides is 1. The van der Waals surface area contributed by atoms with Crippen molar-refractivity contribution in [3.8, 4) is 5.69 Å². The van der Waals surface area contributed by atoms with Crippen LogP contribution in [0.4, 0.5) is 17.6 Å². The fraction of sp³-hybridized carbons (Fsp3) is 0.238. The molecule has 0 atom stereocenters. The van der Waals surface area contributed by atoms with E-state index in [2.05, 4.69) is 10.4 Å². The van der Waals surface area contributed by atoms with Crippen LogP contribution < -0.4 is 5.32 Å². The van der Waals surface area contributed by atoms with Crippen LogP contribution in [0.3, 0.4) is 0 Å². The van der Waals surface area contributed by atoms with Gasteiger partial charge in [-0.25, -0.2) is 9.07 Å². The van der Waals surface area contributed by atoms with E-state index in [0.29, 0.717) is 16.8 Å². The maximum atomic E-state index is 13.8. The summed E-state index contributed by atoms with van der Waals surface area (Å²) in [6.45, 7) is 0.00432. The van der Waals surface area contributed by atoms with Gasteiger partial charge in [-0.3, -0.25) is 4.79 Å². The van der Waals surface area contributed by atoms with Crippen LogP contribution in [0.1, 0.15) is 45.9 Å². The monoisotopic (exact) mass is 403 g/mol. The Morgan fingerprint density at radius 1 is 1.14 bits per heavy atom. The largest absolute Gasteiger partial charge is 0.416 e. The molecule has 0 bridgehead atoms. The summed E-state index contributed by atoms with van der Waals surface area (Å²) in [6.07, 6.45) is -1.45. The molecule has 1 amide bonds. The van der Waals surface area contributed by atoms with E-state index < -0.39 is 23.5 Å². The van der Waals surface area contributed by atoms with Crippen molar-refractivity contribution < 1.29 is 22.4 Å². The third-order valence-electron chi connectivity index (χ3n) is 4.83. The van der Waals surface area contributed by atoms with Gasteiger partial charge in [0, 0.05) is 18.0 Å². The summed E-state index contributed by atoms with van der Waals surface area (Å²) >= 11 is 0. The van der Waals surface area contributed by atoms with Crippen LogP contribution in [0.5, 0.6) is 0 Å². The lowest BCUT2D eigenvalue weighted by molar-refractivity contribution is -0.137. The van der Waals surface area contributed by atoms with Gasteiger partial charge in [-0.05, 0) is 37.1 Å². The standard InChI is InChI=1S/C21H17F4N3O/c22-18-7-2-1-4-14(18)11-26-20(29)17-12-27-28(19(17)13-8-9-13)16-6-3-5-15(10-16)21(23,24)25/h1-7,10,12-13H,8-9,11H2,(H,26,29). The van der Waals surface area contributed by atoms with Gasteiger partial charge in [0.05, 0.1) is 28.7 Å². The lowest BCUT2D eigenvalue weighted by atomic mass is 10.1. The van der Waals surface area contributed by atoms with Crippen molar-refractivity contribution in [2.75, 3.05) is 0 Å². The molecule has 2 aromatic carbocycles. The number of nitrogens with one attached hydrogen (secondary N) is 1. The fourth-order valence-corrected chi connectivity index (χ4v) is 3.21. The third kappa shape index (κ3) is 4.01. The summed E-state index contributed by atoms with van der Waals surface area (Å²) in [6, 6.07) is 11.0. The van der Waals surface area contributed by atoms with Gasteiger partial charge in [0.25, 0.3) is 5.91 Å². The summed E-state index contributed by atoms with van der Waals surface area (Å²) in [5.41, 5.74) is 0.684. The van der Waals surface area contributed by atoms with Crippen molar-refractivity contribution >= 4 is 5.91 Å². The lowest BCUT2D eigenvalue weighted by Crippen LogP contribution is -2.24. The van der Waals surface area contributed by atoms with Gasteiger partial charge in [0.1, 0.15) is 5.82 Å². The van der Waals surface area contributed by atoms with Crippen molar-refractivity contribution in [1.82, 2.24) is 15.1 Å². The van der Waals surface area contributed by atoms with Crippen molar-refractivity contribution in [3.05, 3.63) is 82.9 Å². The zero-order chi connectivity index (χ0) is 20.6. The fourth-order valence-electron chi connectivity index (χ4n) is 3.21. The molecule has 29 heavy (non-hydrogen) atoms. The molecule has 1 saturated carbocycles. The number of hydrogen-bond donors (Lipinski definition) is 1. The molecule has 1 N–H and O–H groups in total. The number of aromatic nitrogens is 2. The highest BCUT2D eigenvalue weighted by atomic mass is 19.4.